The van der Waals surface area contributed by atoms with Gasteiger partial charge in [-0.15, -0.1) is 10.2 Å². The number of hydrogen-bond donors (Lipinski definition) is 0. The fourth-order valence-corrected chi connectivity index (χ4v) is 2.51. The summed E-state index contributed by atoms with van der Waals surface area (Å²) in [7, 11) is 0. The van der Waals surface area contributed by atoms with Gasteiger partial charge in [0.1, 0.15) is 5.82 Å². The van der Waals surface area contributed by atoms with Crippen LogP contribution in [-0.4, -0.2) is 32.1 Å². The summed E-state index contributed by atoms with van der Waals surface area (Å²) in [5.74, 6) is 1.96. The number of carbonyl (C=O) groups is 1. The maximum absolute atomic E-state index is 12.3. The molecule has 0 N–H and O–H groups in total. The quantitative estimate of drug-likeness (QED) is 0.830. The molecule has 0 saturated carbocycles. The monoisotopic (exact) mass is 270 g/mol. The van der Waals surface area contributed by atoms with Crippen molar-refractivity contribution < 1.29 is 4.79 Å². The molecule has 0 bridgehead atoms. The molecule has 104 valence electrons. The molecule has 0 spiro atoms. The Morgan fingerprint density at radius 3 is 2.65 bits per heavy atom. The van der Waals surface area contributed by atoms with Gasteiger partial charge in [0.2, 0.25) is 5.91 Å². The maximum Gasteiger partial charge on any atom is 0.227 e. The second kappa shape index (κ2) is 5.07. The third-order valence-corrected chi connectivity index (χ3v) is 3.77. The molecular formula is C15H18N4O. The number of nitrogens with zero attached hydrogens (tertiary/aromatic N) is 4. The molecule has 2 aromatic rings. The van der Waals surface area contributed by atoms with E-state index in [-0.39, 0.29) is 5.91 Å². The summed E-state index contributed by atoms with van der Waals surface area (Å²) >= 11 is 0. The molecule has 1 aromatic carbocycles. The second-order valence-corrected chi connectivity index (χ2v) is 5.29. The van der Waals surface area contributed by atoms with E-state index < -0.39 is 0 Å². The van der Waals surface area contributed by atoms with E-state index in [2.05, 4.69) is 14.8 Å². The first-order chi connectivity index (χ1) is 9.63. The Kier molecular flexibility index (Phi) is 3.26. The molecule has 0 atom stereocenters. The van der Waals surface area contributed by atoms with Crippen LogP contribution >= 0.6 is 0 Å². The van der Waals surface area contributed by atoms with Crippen LogP contribution in [0.25, 0.3) is 0 Å². The summed E-state index contributed by atoms with van der Waals surface area (Å²) < 4.78 is 2.08. The highest BCUT2D eigenvalue weighted by atomic mass is 16.2. The zero-order chi connectivity index (χ0) is 14.1. The third-order valence-electron chi connectivity index (χ3n) is 3.77. The summed E-state index contributed by atoms with van der Waals surface area (Å²) in [5, 5.41) is 8.19. The zero-order valence-corrected chi connectivity index (χ0v) is 11.8. The first-order valence-corrected chi connectivity index (χ1v) is 6.85. The highest BCUT2D eigenvalue weighted by Gasteiger charge is 2.23. The number of fused-ring (bicyclic) bond motifs is 1. The number of carbonyl (C=O) groups excluding carboxylic acids is 1. The molecule has 5 heteroatoms. The predicted octanol–water partition coefficient (Wildman–Crippen LogP) is 1.48. The van der Waals surface area contributed by atoms with E-state index in [1.54, 1.807) is 0 Å². The fourth-order valence-electron chi connectivity index (χ4n) is 2.51. The average Bonchev–Trinajstić information content (AvgIpc) is 2.82. The topological polar surface area (TPSA) is 51.0 Å². The summed E-state index contributed by atoms with van der Waals surface area (Å²) in [5.41, 5.74) is 2.27. The van der Waals surface area contributed by atoms with Gasteiger partial charge < -0.3 is 9.47 Å². The molecule has 0 fully saturated rings. The van der Waals surface area contributed by atoms with E-state index in [0.29, 0.717) is 13.0 Å². The molecule has 1 amide bonds. The first-order valence-electron chi connectivity index (χ1n) is 6.85. The van der Waals surface area contributed by atoms with Gasteiger partial charge in [-0.25, -0.2) is 0 Å². The van der Waals surface area contributed by atoms with Crippen molar-refractivity contribution in [3.63, 3.8) is 0 Å². The van der Waals surface area contributed by atoms with E-state index in [1.807, 2.05) is 43.0 Å². The first kappa shape index (κ1) is 12.8. The van der Waals surface area contributed by atoms with E-state index in [1.165, 1.54) is 5.56 Å². The Balaban J connectivity index is 1.68. The molecule has 1 aliphatic heterocycles. The zero-order valence-electron chi connectivity index (χ0n) is 11.8. The van der Waals surface area contributed by atoms with Crippen molar-refractivity contribution in [2.75, 3.05) is 6.54 Å². The second-order valence-electron chi connectivity index (χ2n) is 5.29. The van der Waals surface area contributed by atoms with Gasteiger partial charge in [0.05, 0.1) is 13.0 Å². The molecule has 2 heterocycles. The molecule has 0 radical (unpaired) electrons. The third kappa shape index (κ3) is 2.43. The molecule has 3 rings (SSSR count). The highest BCUT2D eigenvalue weighted by Crippen LogP contribution is 2.14. The Morgan fingerprint density at radius 2 is 1.90 bits per heavy atom. The van der Waals surface area contributed by atoms with Crippen LogP contribution in [0, 0.1) is 13.8 Å². The van der Waals surface area contributed by atoms with Crippen molar-refractivity contribution in [3.8, 4) is 0 Å². The lowest BCUT2D eigenvalue weighted by Crippen LogP contribution is -2.39. The van der Waals surface area contributed by atoms with Gasteiger partial charge in [0, 0.05) is 13.1 Å². The van der Waals surface area contributed by atoms with Gasteiger partial charge in [-0.3, -0.25) is 4.79 Å². The normalized spacial score (nSPS) is 14.2. The minimum absolute atomic E-state index is 0.153. The van der Waals surface area contributed by atoms with Crippen molar-refractivity contribution in [2.45, 2.75) is 33.4 Å². The van der Waals surface area contributed by atoms with Crippen LogP contribution in [0.15, 0.2) is 24.3 Å². The van der Waals surface area contributed by atoms with Gasteiger partial charge in [-0.1, -0.05) is 29.8 Å². The van der Waals surface area contributed by atoms with E-state index >= 15 is 0 Å². The van der Waals surface area contributed by atoms with Crippen molar-refractivity contribution in [2.24, 2.45) is 0 Å². The van der Waals surface area contributed by atoms with Crippen LogP contribution in [0.4, 0.5) is 0 Å². The van der Waals surface area contributed by atoms with Crippen LogP contribution in [0.3, 0.4) is 0 Å². The smallest absolute Gasteiger partial charge is 0.227 e. The fraction of sp³-hybridized carbons (Fsp3) is 0.400. The molecule has 20 heavy (non-hydrogen) atoms. The largest absolute Gasteiger partial charge is 0.333 e. The molecule has 1 aliphatic rings. The van der Waals surface area contributed by atoms with Crippen LogP contribution in [0.1, 0.15) is 22.8 Å². The number of hydrogen-bond acceptors (Lipinski definition) is 3. The minimum atomic E-state index is 0.153. The predicted molar refractivity (Wildman–Crippen MR) is 75.1 cm³/mol. The van der Waals surface area contributed by atoms with E-state index in [4.69, 9.17) is 0 Å². The average molecular weight is 270 g/mol. The molecular weight excluding hydrogens is 252 g/mol. The van der Waals surface area contributed by atoms with Gasteiger partial charge >= 0.3 is 0 Å². The number of rotatable bonds is 2. The van der Waals surface area contributed by atoms with Gasteiger partial charge in [-0.05, 0) is 19.4 Å². The van der Waals surface area contributed by atoms with Crippen molar-refractivity contribution in [1.82, 2.24) is 19.7 Å². The van der Waals surface area contributed by atoms with Crippen molar-refractivity contribution >= 4 is 5.91 Å². The van der Waals surface area contributed by atoms with E-state index in [0.717, 1.165) is 30.3 Å². The lowest BCUT2D eigenvalue weighted by atomic mass is 10.1. The number of benzene rings is 1. The summed E-state index contributed by atoms with van der Waals surface area (Å²) in [6.07, 6.45) is 0.452. The highest BCUT2D eigenvalue weighted by molar-refractivity contribution is 5.78. The molecule has 0 saturated heterocycles. The standard InChI is InChI=1S/C15H18N4O/c1-11-3-5-13(6-4-11)9-15(20)18-7-8-19-12(2)16-17-14(19)10-18/h3-6H,7-10H2,1-2H3. The molecule has 0 aliphatic carbocycles. The SMILES string of the molecule is Cc1ccc(CC(=O)N2CCn3c(C)nnc3C2)cc1. The molecule has 1 aromatic heterocycles. The lowest BCUT2D eigenvalue weighted by Gasteiger charge is -2.27. The van der Waals surface area contributed by atoms with Gasteiger partial charge in [0.15, 0.2) is 5.82 Å². The van der Waals surface area contributed by atoms with E-state index in [9.17, 15) is 4.79 Å². The van der Waals surface area contributed by atoms with Crippen LogP contribution in [0.5, 0.6) is 0 Å². The Bertz CT molecular complexity index is 630. The van der Waals surface area contributed by atoms with Gasteiger partial charge in [-0.2, -0.15) is 0 Å². The molecule has 5 nitrogen and oxygen atoms in total. The van der Waals surface area contributed by atoms with Crippen molar-refractivity contribution in [3.05, 3.63) is 47.0 Å². The Morgan fingerprint density at radius 1 is 1.15 bits per heavy atom. The summed E-state index contributed by atoms with van der Waals surface area (Å²) in [4.78, 5) is 14.2. The van der Waals surface area contributed by atoms with Crippen molar-refractivity contribution in [1.29, 1.82) is 0 Å². The molecule has 0 unspecified atom stereocenters. The maximum atomic E-state index is 12.3. The van der Waals surface area contributed by atoms with Crippen LogP contribution < -0.4 is 0 Å². The Hall–Kier alpha value is -2.17. The van der Waals surface area contributed by atoms with Crippen LogP contribution in [0.2, 0.25) is 0 Å². The summed E-state index contributed by atoms with van der Waals surface area (Å²) in [6.45, 7) is 6.07. The van der Waals surface area contributed by atoms with Gasteiger partial charge in [0.25, 0.3) is 0 Å². The number of aromatic nitrogens is 3. The van der Waals surface area contributed by atoms with Crippen LogP contribution in [-0.2, 0) is 24.3 Å². The lowest BCUT2D eigenvalue weighted by molar-refractivity contribution is -0.132. The number of amides is 1. The minimum Gasteiger partial charge on any atom is -0.333 e. The summed E-state index contributed by atoms with van der Waals surface area (Å²) in [6, 6.07) is 8.12. The number of aryl methyl sites for hydroxylation is 2. The Labute approximate surface area is 118 Å².